The first kappa shape index (κ1) is 34.1. The summed E-state index contributed by atoms with van der Waals surface area (Å²) < 4.78 is 0. The average Bonchev–Trinajstić information content (AvgIpc) is 0. The second-order valence-electron chi connectivity index (χ2n) is 0. The van der Waals surface area contributed by atoms with E-state index in [0.29, 0.717) is 0 Å². The van der Waals surface area contributed by atoms with Crippen LogP contribution >= 0.6 is 0 Å². The summed E-state index contributed by atoms with van der Waals surface area (Å²) in [6.45, 7) is 0. The average molecular weight is 368 g/mol. The molecule has 0 saturated heterocycles. The van der Waals surface area contributed by atoms with E-state index < -0.39 is 0 Å². The molecule has 1 nitrogen and oxygen atoms in total. The van der Waals surface area contributed by atoms with Crippen molar-refractivity contribution in [3.05, 3.63) is 0 Å². The SMILES string of the molecule is O.[Hf].[La].[SiH4]. The molecule has 0 amide bonds. The fourth-order valence-electron chi connectivity index (χ4n) is 0. The van der Waals surface area contributed by atoms with Gasteiger partial charge in [-0.3, -0.25) is 0 Å². The van der Waals surface area contributed by atoms with Crippen LogP contribution in [0.25, 0.3) is 0 Å². The van der Waals surface area contributed by atoms with Gasteiger partial charge in [0.25, 0.3) is 0 Å². The molecule has 0 aliphatic heterocycles. The van der Waals surface area contributed by atoms with E-state index in [1.54, 1.807) is 0 Å². The molecule has 4 heteroatoms. The molecule has 1 radical (unpaired) electrons. The molecule has 23 valence electrons. The summed E-state index contributed by atoms with van der Waals surface area (Å²) in [5, 5.41) is 0. The smallest absolute Gasteiger partial charge is 0 e. The van der Waals surface area contributed by atoms with Crippen LogP contribution in [0.1, 0.15) is 0 Å². The Morgan fingerprint density at radius 3 is 1.00 bits per heavy atom. The predicted octanol–water partition coefficient (Wildman–Crippen LogP) is -2.28. The van der Waals surface area contributed by atoms with Crippen LogP contribution in [0.4, 0.5) is 0 Å². The van der Waals surface area contributed by atoms with E-state index in [1.165, 1.54) is 0 Å². The van der Waals surface area contributed by atoms with Gasteiger partial charge in [-0.05, 0) is 11.0 Å². The molecule has 0 aliphatic rings. The summed E-state index contributed by atoms with van der Waals surface area (Å²) in [6.07, 6.45) is 0. The molecule has 0 aromatic rings. The van der Waals surface area contributed by atoms with Crippen molar-refractivity contribution in [2.45, 2.75) is 0 Å². The Bertz CT molecular complexity index is 8.00. The van der Waals surface area contributed by atoms with Gasteiger partial charge in [0.2, 0.25) is 0 Å². The van der Waals surface area contributed by atoms with Gasteiger partial charge in [-0.25, -0.2) is 0 Å². The maximum Gasteiger partial charge on any atom is 0 e. The molecule has 0 heterocycles. The summed E-state index contributed by atoms with van der Waals surface area (Å²) in [7, 11) is 0. The summed E-state index contributed by atoms with van der Waals surface area (Å²) in [6, 6.07) is 0. The minimum absolute atomic E-state index is 0. The molecule has 0 rings (SSSR count). The Hall–Kier alpha value is 2.24. The van der Waals surface area contributed by atoms with Gasteiger partial charge in [0.15, 0.2) is 0 Å². The minimum Gasteiger partial charge on any atom is -0.412 e. The molecule has 0 spiro atoms. The minimum atomic E-state index is 0. The van der Waals surface area contributed by atoms with Crippen LogP contribution in [0, 0.1) is 35.6 Å². The van der Waals surface area contributed by atoms with Crippen molar-refractivity contribution in [2.75, 3.05) is 0 Å². The number of rotatable bonds is 0. The van der Waals surface area contributed by atoms with Crippen molar-refractivity contribution in [2.24, 2.45) is 0 Å². The zero-order valence-electron chi connectivity index (χ0n) is 1.58. The molecule has 4 heavy (non-hydrogen) atoms. The normalized spacial score (nSPS) is 0. The predicted molar refractivity (Wildman–Crippen MR) is 14.9 cm³/mol. The Morgan fingerprint density at radius 1 is 1.00 bits per heavy atom. The summed E-state index contributed by atoms with van der Waals surface area (Å²) in [5.41, 5.74) is 0. The van der Waals surface area contributed by atoms with Gasteiger partial charge in [0, 0.05) is 61.4 Å². The van der Waals surface area contributed by atoms with Crippen molar-refractivity contribution in [1.29, 1.82) is 0 Å². The standard InChI is InChI=1S/Hf.La.H2O.H4Si/h;;1H2;1H4. The zero-order chi connectivity index (χ0) is 0. The third-order valence-corrected chi connectivity index (χ3v) is 0. The monoisotopic (exact) mass is 369 g/mol. The van der Waals surface area contributed by atoms with Crippen molar-refractivity contribution < 1.29 is 66.9 Å². The largest absolute Gasteiger partial charge is 0.412 e. The molecule has 0 saturated carbocycles. The van der Waals surface area contributed by atoms with Gasteiger partial charge < -0.3 is 5.48 Å². The maximum absolute atomic E-state index is 0. The van der Waals surface area contributed by atoms with Crippen molar-refractivity contribution in [1.82, 2.24) is 0 Å². The summed E-state index contributed by atoms with van der Waals surface area (Å²) in [4.78, 5) is 0. The van der Waals surface area contributed by atoms with E-state index in [0.717, 1.165) is 0 Å². The van der Waals surface area contributed by atoms with E-state index in [1.807, 2.05) is 0 Å². The number of hydrogen-bond acceptors (Lipinski definition) is 0. The van der Waals surface area contributed by atoms with Crippen LogP contribution in [0.5, 0.6) is 0 Å². The third-order valence-electron chi connectivity index (χ3n) is 0. The quantitative estimate of drug-likeness (QED) is 0.432. The van der Waals surface area contributed by atoms with Gasteiger partial charge in [-0.1, -0.05) is 0 Å². The fraction of sp³-hybridized carbons (Fsp3) is 0. The maximum atomic E-state index is 0. The molecule has 0 aromatic heterocycles. The Labute approximate surface area is 76.6 Å². The molecular formula is H6HfLaOSi. The van der Waals surface area contributed by atoms with E-state index in [9.17, 15) is 0 Å². The topological polar surface area (TPSA) is 31.5 Å². The van der Waals surface area contributed by atoms with Crippen LogP contribution in [-0.4, -0.2) is 16.4 Å². The van der Waals surface area contributed by atoms with E-state index in [2.05, 4.69) is 0 Å². The van der Waals surface area contributed by atoms with Crippen LogP contribution in [0.2, 0.25) is 0 Å². The first-order valence-corrected chi connectivity index (χ1v) is 0. The van der Waals surface area contributed by atoms with Gasteiger partial charge >= 0.3 is 0 Å². The second-order valence-corrected chi connectivity index (χ2v) is 0. The van der Waals surface area contributed by atoms with Crippen LogP contribution in [0.3, 0.4) is 0 Å². The summed E-state index contributed by atoms with van der Waals surface area (Å²) in [5.74, 6) is 0. The Kier molecular flexibility index (Phi) is 160. The van der Waals surface area contributed by atoms with Crippen molar-refractivity contribution in [3.63, 3.8) is 0 Å². The third kappa shape index (κ3) is 8.87. The van der Waals surface area contributed by atoms with Crippen molar-refractivity contribution in [3.8, 4) is 0 Å². The second kappa shape index (κ2) is 18.8. The number of hydrogen-bond donors (Lipinski definition) is 0. The van der Waals surface area contributed by atoms with E-state index in [4.69, 9.17) is 0 Å². The molecule has 0 unspecified atom stereocenters. The van der Waals surface area contributed by atoms with Crippen molar-refractivity contribution >= 4 is 11.0 Å². The van der Waals surface area contributed by atoms with Crippen LogP contribution < -0.4 is 0 Å². The van der Waals surface area contributed by atoms with E-state index >= 15 is 0 Å². The molecule has 0 atom stereocenters. The fourth-order valence-corrected chi connectivity index (χ4v) is 0. The Balaban J connectivity index is 0. The first-order chi connectivity index (χ1) is 0. The molecule has 0 aromatic carbocycles. The first-order valence-electron chi connectivity index (χ1n) is 0. The van der Waals surface area contributed by atoms with Crippen LogP contribution in [-0.2, 0) is 25.8 Å². The Morgan fingerprint density at radius 2 is 1.00 bits per heavy atom. The molecular weight excluding hydrogens is 361 g/mol. The van der Waals surface area contributed by atoms with Gasteiger partial charge in [-0.15, -0.1) is 0 Å². The van der Waals surface area contributed by atoms with Gasteiger partial charge in [-0.2, -0.15) is 0 Å². The van der Waals surface area contributed by atoms with Gasteiger partial charge in [0.1, 0.15) is 0 Å². The zero-order valence-corrected chi connectivity index (χ0v) is 8.80. The van der Waals surface area contributed by atoms with Gasteiger partial charge in [0.05, 0.1) is 0 Å². The molecule has 0 bridgehead atoms. The molecule has 0 fully saturated rings. The van der Waals surface area contributed by atoms with Crippen LogP contribution in [0.15, 0.2) is 0 Å². The molecule has 0 aliphatic carbocycles. The van der Waals surface area contributed by atoms with E-state index in [-0.39, 0.29) is 77.9 Å². The molecule has 2 N–H and O–H groups in total. The summed E-state index contributed by atoms with van der Waals surface area (Å²) >= 11 is 0.